The fourth-order valence-electron chi connectivity index (χ4n) is 3.12. The van der Waals surface area contributed by atoms with E-state index in [2.05, 4.69) is 5.32 Å². The molecule has 1 unspecified atom stereocenters. The van der Waals surface area contributed by atoms with E-state index in [-0.39, 0.29) is 10.5 Å². The standard InChI is InChI=1S/C25H26N2O6S/c1-17-7-5-9-20(15-17)26-24(28)18(2)33-25(29)19-8-6-10-23(16-19)34(30,31)27(3)21-11-13-22(32-4)14-12-21/h5-16,18H,1-4H3,(H,26,28). The number of hydrogen-bond acceptors (Lipinski definition) is 6. The third-order valence-electron chi connectivity index (χ3n) is 5.10. The van der Waals surface area contributed by atoms with Crippen LogP contribution in [0.15, 0.2) is 77.7 Å². The van der Waals surface area contributed by atoms with Crippen molar-refractivity contribution in [3.63, 3.8) is 0 Å². The first-order valence-electron chi connectivity index (χ1n) is 10.4. The first-order valence-corrected chi connectivity index (χ1v) is 11.9. The Morgan fingerprint density at radius 3 is 2.29 bits per heavy atom. The van der Waals surface area contributed by atoms with Gasteiger partial charge in [-0.3, -0.25) is 9.10 Å². The van der Waals surface area contributed by atoms with Crippen molar-refractivity contribution in [1.82, 2.24) is 0 Å². The van der Waals surface area contributed by atoms with Crippen molar-refractivity contribution >= 4 is 33.3 Å². The molecule has 8 nitrogen and oxygen atoms in total. The molecule has 3 rings (SSSR count). The molecule has 34 heavy (non-hydrogen) atoms. The van der Waals surface area contributed by atoms with Crippen molar-refractivity contribution < 1.29 is 27.5 Å². The molecule has 178 valence electrons. The first kappa shape index (κ1) is 24.8. The van der Waals surface area contributed by atoms with E-state index in [1.165, 1.54) is 45.3 Å². The smallest absolute Gasteiger partial charge is 0.338 e. The lowest BCUT2D eigenvalue weighted by Crippen LogP contribution is -2.30. The van der Waals surface area contributed by atoms with Crippen LogP contribution in [-0.2, 0) is 19.6 Å². The van der Waals surface area contributed by atoms with Crippen molar-refractivity contribution in [2.24, 2.45) is 0 Å². The Morgan fingerprint density at radius 1 is 0.971 bits per heavy atom. The molecule has 3 aromatic carbocycles. The number of hydrogen-bond donors (Lipinski definition) is 1. The monoisotopic (exact) mass is 482 g/mol. The summed E-state index contributed by atoms with van der Waals surface area (Å²) in [4.78, 5) is 25.0. The van der Waals surface area contributed by atoms with E-state index >= 15 is 0 Å². The van der Waals surface area contributed by atoms with E-state index < -0.39 is 28.0 Å². The van der Waals surface area contributed by atoms with Gasteiger partial charge in [-0.15, -0.1) is 0 Å². The molecule has 1 atom stereocenters. The van der Waals surface area contributed by atoms with Crippen LogP contribution >= 0.6 is 0 Å². The highest BCUT2D eigenvalue weighted by Crippen LogP contribution is 2.25. The molecule has 0 aliphatic heterocycles. The van der Waals surface area contributed by atoms with E-state index in [9.17, 15) is 18.0 Å². The number of amides is 1. The van der Waals surface area contributed by atoms with Crippen LogP contribution in [0.5, 0.6) is 5.75 Å². The van der Waals surface area contributed by atoms with Gasteiger partial charge in [0.25, 0.3) is 15.9 Å². The van der Waals surface area contributed by atoms with Crippen LogP contribution in [0.1, 0.15) is 22.8 Å². The second-order valence-electron chi connectivity index (χ2n) is 7.60. The van der Waals surface area contributed by atoms with Crippen molar-refractivity contribution in [2.45, 2.75) is 24.8 Å². The highest BCUT2D eigenvalue weighted by Gasteiger charge is 2.24. The van der Waals surface area contributed by atoms with Gasteiger partial charge in [-0.2, -0.15) is 0 Å². The molecule has 0 fully saturated rings. The second-order valence-corrected chi connectivity index (χ2v) is 9.57. The Labute approximate surface area is 199 Å². The van der Waals surface area contributed by atoms with Gasteiger partial charge in [0.15, 0.2) is 6.10 Å². The van der Waals surface area contributed by atoms with Crippen molar-refractivity contribution in [3.8, 4) is 5.75 Å². The van der Waals surface area contributed by atoms with Crippen LogP contribution in [0.25, 0.3) is 0 Å². The number of ether oxygens (including phenoxy) is 2. The number of esters is 1. The Hall–Kier alpha value is -3.85. The van der Waals surface area contributed by atoms with Crippen LogP contribution in [0.2, 0.25) is 0 Å². The minimum Gasteiger partial charge on any atom is -0.497 e. The highest BCUT2D eigenvalue weighted by atomic mass is 32.2. The summed E-state index contributed by atoms with van der Waals surface area (Å²) < 4.78 is 37.7. The SMILES string of the molecule is COc1ccc(N(C)S(=O)(=O)c2cccc(C(=O)OC(C)C(=O)Nc3cccc(C)c3)c2)cc1. The van der Waals surface area contributed by atoms with E-state index in [4.69, 9.17) is 9.47 Å². The predicted molar refractivity (Wildman–Crippen MR) is 130 cm³/mol. The fraction of sp³-hybridized carbons (Fsp3) is 0.200. The zero-order valence-corrected chi connectivity index (χ0v) is 20.1. The molecule has 0 heterocycles. The number of rotatable bonds is 8. The highest BCUT2D eigenvalue weighted by molar-refractivity contribution is 7.92. The molecule has 0 radical (unpaired) electrons. The van der Waals surface area contributed by atoms with E-state index in [0.29, 0.717) is 17.1 Å². The molecule has 0 bridgehead atoms. The van der Waals surface area contributed by atoms with E-state index in [1.807, 2.05) is 13.0 Å². The van der Waals surface area contributed by atoms with Gasteiger partial charge in [-0.25, -0.2) is 13.2 Å². The molecule has 1 N–H and O–H groups in total. The number of aryl methyl sites for hydroxylation is 1. The number of anilines is 2. The molecule has 0 aromatic heterocycles. The molecule has 3 aromatic rings. The maximum atomic E-state index is 13.1. The van der Waals surface area contributed by atoms with Crippen LogP contribution in [-0.4, -0.2) is 40.6 Å². The fourth-order valence-corrected chi connectivity index (χ4v) is 4.36. The van der Waals surface area contributed by atoms with Crippen molar-refractivity contribution in [2.75, 3.05) is 23.8 Å². The maximum Gasteiger partial charge on any atom is 0.338 e. The summed E-state index contributed by atoms with van der Waals surface area (Å²) in [7, 11) is -1.01. The van der Waals surface area contributed by atoms with E-state index in [0.717, 1.165) is 9.87 Å². The predicted octanol–water partition coefficient (Wildman–Crippen LogP) is 4.01. The van der Waals surface area contributed by atoms with Crippen LogP contribution in [0.3, 0.4) is 0 Å². The summed E-state index contributed by atoms with van der Waals surface area (Å²) in [6, 6.07) is 19.2. The number of carbonyl (C=O) groups is 2. The van der Waals surface area contributed by atoms with Gasteiger partial charge in [0.2, 0.25) is 0 Å². The normalized spacial score (nSPS) is 11.9. The summed E-state index contributed by atoms with van der Waals surface area (Å²) in [6.45, 7) is 3.34. The molecule has 0 saturated heterocycles. The summed E-state index contributed by atoms with van der Waals surface area (Å²) >= 11 is 0. The lowest BCUT2D eigenvalue weighted by atomic mass is 10.2. The molecular formula is C25H26N2O6S. The van der Waals surface area contributed by atoms with Gasteiger partial charge in [0.1, 0.15) is 5.75 Å². The average Bonchev–Trinajstić information content (AvgIpc) is 2.83. The zero-order valence-electron chi connectivity index (χ0n) is 19.3. The Balaban J connectivity index is 1.73. The largest absolute Gasteiger partial charge is 0.497 e. The number of carbonyl (C=O) groups excluding carboxylic acids is 2. The maximum absolute atomic E-state index is 13.1. The summed E-state index contributed by atoms with van der Waals surface area (Å²) in [5.41, 5.74) is 2.00. The summed E-state index contributed by atoms with van der Waals surface area (Å²) in [6.07, 6.45) is -1.09. The van der Waals surface area contributed by atoms with Crippen LogP contribution in [0, 0.1) is 6.92 Å². The number of nitrogens with one attached hydrogen (secondary N) is 1. The quantitative estimate of drug-likeness (QED) is 0.487. The number of nitrogens with zero attached hydrogens (tertiary/aromatic N) is 1. The molecular weight excluding hydrogens is 456 g/mol. The molecule has 1 amide bonds. The van der Waals surface area contributed by atoms with Crippen LogP contribution in [0.4, 0.5) is 11.4 Å². The Kier molecular flexibility index (Phi) is 7.57. The van der Waals surface area contributed by atoms with Gasteiger partial charge in [0, 0.05) is 12.7 Å². The number of methoxy groups -OCH3 is 1. The van der Waals surface area contributed by atoms with Gasteiger partial charge in [-0.1, -0.05) is 18.2 Å². The van der Waals surface area contributed by atoms with Gasteiger partial charge >= 0.3 is 5.97 Å². The number of sulfonamides is 1. The third kappa shape index (κ3) is 5.74. The Bertz CT molecular complexity index is 1290. The lowest BCUT2D eigenvalue weighted by Gasteiger charge is -2.20. The first-order chi connectivity index (χ1) is 16.1. The third-order valence-corrected chi connectivity index (χ3v) is 6.88. The molecule has 9 heteroatoms. The zero-order chi connectivity index (χ0) is 24.9. The summed E-state index contributed by atoms with van der Waals surface area (Å²) in [5, 5.41) is 2.69. The number of benzene rings is 3. The molecule has 0 aliphatic carbocycles. The summed E-state index contributed by atoms with van der Waals surface area (Å²) in [5.74, 6) is -0.710. The lowest BCUT2D eigenvalue weighted by molar-refractivity contribution is -0.123. The minimum absolute atomic E-state index is 0.0133. The second kappa shape index (κ2) is 10.4. The van der Waals surface area contributed by atoms with Gasteiger partial charge < -0.3 is 14.8 Å². The molecule has 0 saturated carbocycles. The van der Waals surface area contributed by atoms with Crippen molar-refractivity contribution in [3.05, 3.63) is 83.9 Å². The van der Waals surface area contributed by atoms with Gasteiger partial charge in [0.05, 0.1) is 23.3 Å². The topological polar surface area (TPSA) is 102 Å². The van der Waals surface area contributed by atoms with Crippen molar-refractivity contribution in [1.29, 1.82) is 0 Å². The average molecular weight is 483 g/mol. The molecule has 0 spiro atoms. The van der Waals surface area contributed by atoms with E-state index in [1.54, 1.807) is 42.5 Å². The van der Waals surface area contributed by atoms with Crippen LogP contribution < -0.4 is 14.4 Å². The molecule has 0 aliphatic rings. The Morgan fingerprint density at radius 2 is 1.65 bits per heavy atom. The minimum atomic E-state index is -3.95. The van der Waals surface area contributed by atoms with Gasteiger partial charge in [-0.05, 0) is 74.0 Å².